The predicted molar refractivity (Wildman–Crippen MR) is 78.9 cm³/mol. The molecule has 0 spiro atoms. The van der Waals surface area contributed by atoms with E-state index in [1.807, 2.05) is 18.2 Å². The van der Waals surface area contributed by atoms with Gasteiger partial charge in [0, 0.05) is 12.1 Å². The number of rotatable bonds is 6. The summed E-state index contributed by atoms with van der Waals surface area (Å²) in [4.78, 5) is 4.10. The molecular weight excluding hydrogens is 258 g/mol. The molecule has 2 rings (SSSR count). The van der Waals surface area contributed by atoms with Crippen molar-refractivity contribution in [2.24, 2.45) is 0 Å². The van der Waals surface area contributed by atoms with E-state index in [1.54, 1.807) is 12.4 Å². The highest BCUT2D eigenvalue weighted by atomic mass is 35.5. The van der Waals surface area contributed by atoms with Gasteiger partial charge in [-0.2, -0.15) is 0 Å². The molecule has 1 aromatic carbocycles. The fourth-order valence-electron chi connectivity index (χ4n) is 1.83. The van der Waals surface area contributed by atoms with E-state index >= 15 is 0 Å². The Morgan fingerprint density at radius 3 is 2.53 bits per heavy atom. The smallest absolute Gasteiger partial charge is 0.146 e. The lowest BCUT2D eigenvalue weighted by Gasteiger charge is -2.07. The van der Waals surface area contributed by atoms with Gasteiger partial charge in [-0.15, -0.1) is 11.6 Å². The number of aryl methyl sites for hydroxylation is 1. The summed E-state index contributed by atoms with van der Waals surface area (Å²) in [5.41, 5.74) is 2.31. The maximum atomic E-state index is 5.78. The van der Waals surface area contributed by atoms with Crippen molar-refractivity contribution in [3.05, 3.63) is 53.9 Å². The summed E-state index contributed by atoms with van der Waals surface area (Å²) < 4.78 is 5.76. The van der Waals surface area contributed by atoms with Crippen LogP contribution in [0.1, 0.15) is 30.9 Å². The molecule has 2 nitrogen and oxygen atoms in total. The van der Waals surface area contributed by atoms with Gasteiger partial charge in [-0.3, -0.25) is 4.98 Å². The first-order chi connectivity index (χ1) is 9.31. The van der Waals surface area contributed by atoms with Crippen molar-refractivity contribution in [2.45, 2.75) is 32.1 Å². The van der Waals surface area contributed by atoms with Crippen molar-refractivity contribution < 1.29 is 4.74 Å². The topological polar surface area (TPSA) is 22.1 Å². The molecule has 100 valence electrons. The third kappa shape index (κ3) is 4.25. The lowest BCUT2D eigenvalue weighted by Crippen LogP contribution is -1.89. The molecule has 0 fully saturated rings. The van der Waals surface area contributed by atoms with E-state index in [2.05, 4.69) is 24.0 Å². The molecule has 1 aromatic heterocycles. The molecule has 19 heavy (non-hydrogen) atoms. The van der Waals surface area contributed by atoms with Gasteiger partial charge in [-0.1, -0.05) is 25.5 Å². The van der Waals surface area contributed by atoms with Crippen LogP contribution in [-0.4, -0.2) is 4.98 Å². The number of halogens is 1. The van der Waals surface area contributed by atoms with Crippen LogP contribution in [0, 0.1) is 0 Å². The van der Waals surface area contributed by atoms with Crippen LogP contribution < -0.4 is 4.74 Å². The molecule has 0 aliphatic carbocycles. The minimum Gasteiger partial charge on any atom is -0.456 e. The summed E-state index contributed by atoms with van der Waals surface area (Å²) in [5.74, 6) is 1.99. The second kappa shape index (κ2) is 7.15. The standard InChI is InChI=1S/C16H18ClNO/c1-2-3-4-13-5-7-15(8-6-13)19-16-9-14(10-17)11-18-12-16/h5-9,11-12H,2-4,10H2,1H3. The molecule has 0 bridgehead atoms. The Balaban J connectivity index is 2.02. The van der Waals surface area contributed by atoms with E-state index in [4.69, 9.17) is 16.3 Å². The zero-order valence-corrected chi connectivity index (χ0v) is 11.9. The molecule has 0 atom stereocenters. The van der Waals surface area contributed by atoms with Crippen molar-refractivity contribution >= 4 is 11.6 Å². The number of alkyl halides is 1. The summed E-state index contributed by atoms with van der Waals surface area (Å²) in [6.07, 6.45) is 7.01. The Bertz CT molecular complexity index is 510. The van der Waals surface area contributed by atoms with E-state index in [0.29, 0.717) is 5.88 Å². The molecule has 0 saturated carbocycles. The van der Waals surface area contributed by atoms with Gasteiger partial charge in [0.25, 0.3) is 0 Å². The first-order valence-electron chi connectivity index (χ1n) is 6.58. The number of benzene rings is 1. The lowest BCUT2D eigenvalue weighted by atomic mass is 10.1. The minimum absolute atomic E-state index is 0.445. The van der Waals surface area contributed by atoms with Gasteiger partial charge >= 0.3 is 0 Å². The lowest BCUT2D eigenvalue weighted by molar-refractivity contribution is 0.479. The van der Waals surface area contributed by atoms with E-state index in [0.717, 1.165) is 23.5 Å². The first kappa shape index (κ1) is 13.9. The van der Waals surface area contributed by atoms with Crippen LogP contribution >= 0.6 is 11.6 Å². The molecule has 2 aromatic rings. The Morgan fingerprint density at radius 1 is 1.05 bits per heavy atom. The highest BCUT2D eigenvalue weighted by Gasteiger charge is 2.00. The average molecular weight is 276 g/mol. The van der Waals surface area contributed by atoms with Crippen molar-refractivity contribution in [1.82, 2.24) is 4.98 Å². The molecule has 0 unspecified atom stereocenters. The summed E-state index contributed by atoms with van der Waals surface area (Å²) in [6.45, 7) is 2.20. The van der Waals surface area contributed by atoms with Gasteiger partial charge in [0.2, 0.25) is 0 Å². The highest BCUT2D eigenvalue weighted by molar-refractivity contribution is 6.17. The molecule has 0 radical (unpaired) electrons. The van der Waals surface area contributed by atoms with Crippen molar-refractivity contribution in [2.75, 3.05) is 0 Å². The summed E-state index contributed by atoms with van der Waals surface area (Å²) in [5, 5.41) is 0. The first-order valence-corrected chi connectivity index (χ1v) is 7.12. The summed E-state index contributed by atoms with van der Waals surface area (Å²) in [7, 11) is 0. The fraction of sp³-hybridized carbons (Fsp3) is 0.312. The quantitative estimate of drug-likeness (QED) is 0.696. The zero-order valence-electron chi connectivity index (χ0n) is 11.1. The number of hydrogen-bond acceptors (Lipinski definition) is 2. The van der Waals surface area contributed by atoms with E-state index in [9.17, 15) is 0 Å². The van der Waals surface area contributed by atoms with Gasteiger partial charge < -0.3 is 4.74 Å². The molecule has 0 aliphatic heterocycles. The molecule has 0 saturated heterocycles. The second-order valence-electron chi connectivity index (χ2n) is 4.51. The SMILES string of the molecule is CCCCc1ccc(Oc2cncc(CCl)c2)cc1. The van der Waals surface area contributed by atoms with Crippen LogP contribution in [-0.2, 0) is 12.3 Å². The minimum atomic E-state index is 0.445. The third-order valence-corrected chi connectivity index (χ3v) is 3.21. The number of nitrogens with zero attached hydrogens (tertiary/aromatic N) is 1. The molecule has 0 amide bonds. The predicted octanol–water partition coefficient (Wildman–Crippen LogP) is 4.96. The fourth-order valence-corrected chi connectivity index (χ4v) is 1.98. The van der Waals surface area contributed by atoms with Gasteiger partial charge in [0.15, 0.2) is 0 Å². The normalized spacial score (nSPS) is 10.4. The third-order valence-electron chi connectivity index (χ3n) is 2.90. The Morgan fingerprint density at radius 2 is 1.84 bits per heavy atom. The maximum absolute atomic E-state index is 5.78. The van der Waals surface area contributed by atoms with E-state index < -0.39 is 0 Å². The van der Waals surface area contributed by atoms with E-state index in [1.165, 1.54) is 18.4 Å². The zero-order chi connectivity index (χ0) is 13.5. The summed E-state index contributed by atoms with van der Waals surface area (Å²) >= 11 is 5.78. The molecule has 0 N–H and O–H groups in total. The number of pyridine rings is 1. The molecule has 1 heterocycles. The molecule has 0 aliphatic rings. The monoisotopic (exact) mass is 275 g/mol. The van der Waals surface area contributed by atoms with Crippen LogP contribution in [0.15, 0.2) is 42.7 Å². The van der Waals surface area contributed by atoms with Gasteiger partial charge in [0.05, 0.1) is 6.20 Å². The Hall–Kier alpha value is -1.54. The summed E-state index contributed by atoms with van der Waals surface area (Å²) in [6, 6.07) is 10.1. The van der Waals surface area contributed by atoms with Crippen molar-refractivity contribution in [3.8, 4) is 11.5 Å². The van der Waals surface area contributed by atoms with Gasteiger partial charge in [-0.05, 0) is 42.2 Å². The largest absolute Gasteiger partial charge is 0.456 e. The van der Waals surface area contributed by atoms with Crippen LogP contribution in [0.2, 0.25) is 0 Å². The highest BCUT2D eigenvalue weighted by Crippen LogP contribution is 2.22. The number of hydrogen-bond donors (Lipinski definition) is 0. The maximum Gasteiger partial charge on any atom is 0.146 e. The van der Waals surface area contributed by atoms with Crippen molar-refractivity contribution in [1.29, 1.82) is 0 Å². The van der Waals surface area contributed by atoms with Crippen LogP contribution in [0.3, 0.4) is 0 Å². The van der Waals surface area contributed by atoms with Crippen molar-refractivity contribution in [3.63, 3.8) is 0 Å². The number of ether oxygens (including phenoxy) is 1. The molecule has 3 heteroatoms. The Labute approximate surface area is 119 Å². The van der Waals surface area contributed by atoms with Gasteiger partial charge in [-0.25, -0.2) is 0 Å². The molecular formula is C16H18ClNO. The van der Waals surface area contributed by atoms with E-state index in [-0.39, 0.29) is 0 Å². The van der Waals surface area contributed by atoms with Gasteiger partial charge in [0.1, 0.15) is 11.5 Å². The second-order valence-corrected chi connectivity index (χ2v) is 4.78. The van der Waals surface area contributed by atoms with Crippen LogP contribution in [0.5, 0.6) is 11.5 Å². The number of aromatic nitrogens is 1. The van der Waals surface area contributed by atoms with Crippen LogP contribution in [0.25, 0.3) is 0 Å². The number of unbranched alkanes of at least 4 members (excludes halogenated alkanes) is 1. The average Bonchev–Trinajstić information content (AvgIpc) is 2.47. The van der Waals surface area contributed by atoms with Crippen LogP contribution in [0.4, 0.5) is 0 Å². The Kier molecular flexibility index (Phi) is 5.22.